The summed E-state index contributed by atoms with van der Waals surface area (Å²) in [5.41, 5.74) is 0.0370. The number of nitro groups is 1. The van der Waals surface area contributed by atoms with Crippen molar-refractivity contribution in [2.75, 3.05) is 26.4 Å². The number of nitrogens with one attached hydrogen (secondary N) is 3. The third-order valence-electron chi connectivity index (χ3n) is 5.84. The molecule has 202 valence electrons. The van der Waals surface area contributed by atoms with Gasteiger partial charge in [-0.1, -0.05) is 12.1 Å². The van der Waals surface area contributed by atoms with Gasteiger partial charge in [0, 0.05) is 24.2 Å². The van der Waals surface area contributed by atoms with Crippen molar-refractivity contribution in [3.8, 4) is 17.2 Å². The van der Waals surface area contributed by atoms with Crippen LogP contribution in [0.25, 0.3) is 11.0 Å². The van der Waals surface area contributed by atoms with E-state index in [1.165, 1.54) is 24.4 Å². The molecule has 0 aliphatic carbocycles. The van der Waals surface area contributed by atoms with Crippen molar-refractivity contribution in [2.24, 2.45) is 0 Å². The number of aromatic nitrogens is 2. The van der Waals surface area contributed by atoms with Gasteiger partial charge in [-0.3, -0.25) is 14.9 Å². The van der Waals surface area contributed by atoms with E-state index in [-0.39, 0.29) is 29.7 Å². The Labute approximate surface area is 222 Å². The minimum atomic E-state index is -4.49. The van der Waals surface area contributed by atoms with Gasteiger partial charge in [-0.15, -0.1) is 0 Å². The molecule has 1 amide bonds. The summed E-state index contributed by atoms with van der Waals surface area (Å²) in [5, 5.41) is 15.6. The summed E-state index contributed by atoms with van der Waals surface area (Å²) in [4.78, 5) is 30.6. The van der Waals surface area contributed by atoms with E-state index < -0.39 is 31.4 Å². The Morgan fingerprint density at radius 3 is 2.82 bits per heavy atom. The number of benzene rings is 2. The van der Waals surface area contributed by atoms with E-state index in [2.05, 4.69) is 15.3 Å². The molecule has 1 saturated heterocycles. The highest BCUT2D eigenvalue weighted by Crippen LogP contribution is 2.31. The van der Waals surface area contributed by atoms with E-state index >= 15 is 0 Å². The van der Waals surface area contributed by atoms with Gasteiger partial charge in [-0.25, -0.2) is 18.1 Å². The number of carbonyl (C=O) groups is 1. The second-order valence-corrected chi connectivity index (χ2v) is 10.2. The first-order valence-electron chi connectivity index (χ1n) is 11.8. The van der Waals surface area contributed by atoms with Crippen molar-refractivity contribution in [2.45, 2.75) is 10.9 Å². The van der Waals surface area contributed by atoms with Crippen LogP contribution in [0.1, 0.15) is 10.4 Å². The number of nitrogens with zero attached hydrogens (tertiary/aromatic N) is 2. The minimum absolute atomic E-state index is 0.0631. The molecular weight excluding hydrogens is 530 g/mol. The molecule has 1 aliphatic heterocycles. The van der Waals surface area contributed by atoms with E-state index in [0.29, 0.717) is 31.2 Å². The van der Waals surface area contributed by atoms with E-state index in [1.807, 2.05) is 4.72 Å². The largest absolute Gasteiger partial charge is 0.485 e. The molecule has 39 heavy (non-hydrogen) atoms. The van der Waals surface area contributed by atoms with Gasteiger partial charge in [0.25, 0.3) is 15.9 Å². The molecule has 1 atom stereocenters. The minimum Gasteiger partial charge on any atom is -0.485 e. The smallest absolute Gasteiger partial charge is 0.312 e. The van der Waals surface area contributed by atoms with Gasteiger partial charge in [0.15, 0.2) is 5.75 Å². The van der Waals surface area contributed by atoms with Gasteiger partial charge in [0.1, 0.15) is 23.8 Å². The number of rotatable bonds is 9. The number of morpholine rings is 1. The fraction of sp³-hybridized carbons (Fsp3) is 0.200. The Balaban J connectivity index is 1.33. The van der Waals surface area contributed by atoms with Gasteiger partial charge in [0.05, 0.1) is 40.8 Å². The average Bonchev–Trinajstić information content (AvgIpc) is 3.40. The molecule has 2 aromatic heterocycles. The average molecular weight is 554 g/mol. The first-order chi connectivity index (χ1) is 18.8. The van der Waals surface area contributed by atoms with Crippen molar-refractivity contribution in [1.29, 1.82) is 0 Å². The van der Waals surface area contributed by atoms with Crippen LogP contribution >= 0.6 is 0 Å². The van der Waals surface area contributed by atoms with Gasteiger partial charge in [-0.2, -0.15) is 0 Å². The summed E-state index contributed by atoms with van der Waals surface area (Å²) in [6, 6.07) is 12.6. The lowest BCUT2D eigenvalue weighted by atomic mass is 10.2. The van der Waals surface area contributed by atoms with Crippen LogP contribution in [0.5, 0.6) is 17.2 Å². The molecule has 3 N–H and O–H groups in total. The van der Waals surface area contributed by atoms with Crippen LogP contribution in [0.4, 0.5) is 5.69 Å². The van der Waals surface area contributed by atoms with Gasteiger partial charge in [-0.05, 0) is 36.4 Å². The van der Waals surface area contributed by atoms with Gasteiger partial charge in [0.2, 0.25) is 0 Å². The first kappa shape index (κ1) is 26.1. The fourth-order valence-electron chi connectivity index (χ4n) is 3.93. The fourth-order valence-corrected chi connectivity index (χ4v) is 4.91. The number of hydrogen-bond acceptors (Lipinski definition) is 10. The molecule has 0 saturated carbocycles. The number of H-pyrrole nitrogens is 1. The van der Waals surface area contributed by atoms with Crippen molar-refractivity contribution >= 4 is 32.7 Å². The van der Waals surface area contributed by atoms with Crippen LogP contribution in [-0.4, -0.2) is 61.6 Å². The molecule has 2 aromatic carbocycles. The Bertz CT molecular complexity index is 1630. The summed E-state index contributed by atoms with van der Waals surface area (Å²) in [5.74, 6) is -0.652. The number of pyridine rings is 1. The highest BCUT2D eigenvalue weighted by molar-refractivity contribution is 7.90. The topological polar surface area (TPSA) is 175 Å². The number of fused-ring (bicyclic) bond motifs is 1. The maximum Gasteiger partial charge on any atom is 0.312 e. The van der Waals surface area contributed by atoms with Gasteiger partial charge >= 0.3 is 5.69 Å². The second-order valence-electron chi connectivity index (χ2n) is 8.54. The van der Waals surface area contributed by atoms with Crippen LogP contribution in [0.2, 0.25) is 0 Å². The summed E-state index contributed by atoms with van der Waals surface area (Å²) in [6.07, 6.45) is 3.18. The standard InChI is InChI=1S/C25H23N5O8S/c31-25(20-3-1-2-4-22(20)38-18-11-16-7-8-27-24(16)28-13-18)29-39(34,35)19-5-6-23(21(12-19)30(32)33)37-15-17-14-36-10-9-26-17/h1-8,11-13,17,26H,9-10,14-15H2,(H,27,28)(H,29,31). The Morgan fingerprint density at radius 1 is 1.18 bits per heavy atom. The lowest BCUT2D eigenvalue weighted by Gasteiger charge is -2.23. The third-order valence-corrected chi connectivity index (χ3v) is 7.17. The number of ether oxygens (including phenoxy) is 3. The monoisotopic (exact) mass is 553 g/mol. The molecule has 5 rings (SSSR count). The number of amides is 1. The van der Waals surface area contributed by atoms with E-state index in [0.717, 1.165) is 17.5 Å². The van der Waals surface area contributed by atoms with Crippen molar-refractivity contribution in [3.05, 3.63) is 82.7 Å². The molecular formula is C25H23N5O8S. The molecule has 0 radical (unpaired) electrons. The second kappa shape index (κ2) is 11.1. The molecule has 4 aromatic rings. The molecule has 0 bridgehead atoms. The molecule has 1 unspecified atom stereocenters. The zero-order valence-electron chi connectivity index (χ0n) is 20.3. The molecule has 1 aliphatic rings. The van der Waals surface area contributed by atoms with E-state index in [9.17, 15) is 23.3 Å². The van der Waals surface area contributed by atoms with Crippen LogP contribution in [0.3, 0.4) is 0 Å². The lowest BCUT2D eigenvalue weighted by molar-refractivity contribution is -0.386. The third kappa shape index (κ3) is 5.98. The maximum absolute atomic E-state index is 13.0. The molecule has 13 nitrogen and oxygen atoms in total. The van der Waals surface area contributed by atoms with Crippen molar-refractivity contribution in [1.82, 2.24) is 20.0 Å². The predicted molar refractivity (Wildman–Crippen MR) is 138 cm³/mol. The highest BCUT2D eigenvalue weighted by Gasteiger charge is 2.26. The lowest BCUT2D eigenvalue weighted by Crippen LogP contribution is -2.44. The molecule has 3 heterocycles. The number of nitro benzene ring substituents is 1. The van der Waals surface area contributed by atoms with E-state index in [4.69, 9.17) is 14.2 Å². The molecule has 14 heteroatoms. The number of carbonyl (C=O) groups excluding carboxylic acids is 1. The summed E-state index contributed by atoms with van der Waals surface area (Å²) < 4.78 is 44.7. The molecule has 0 spiro atoms. The van der Waals surface area contributed by atoms with Crippen LogP contribution in [-0.2, 0) is 14.8 Å². The maximum atomic E-state index is 13.0. The van der Waals surface area contributed by atoms with E-state index in [1.54, 1.807) is 30.5 Å². The zero-order chi connectivity index (χ0) is 27.4. The van der Waals surface area contributed by atoms with Crippen LogP contribution in [0.15, 0.2) is 71.9 Å². The van der Waals surface area contributed by atoms with Crippen LogP contribution < -0.4 is 19.5 Å². The zero-order valence-corrected chi connectivity index (χ0v) is 21.1. The van der Waals surface area contributed by atoms with Crippen LogP contribution in [0, 0.1) is 10.1 Å². The van der Waals surface area contributed by atoms with Crippen molar-refractivity contribution in [3.63, 3.8) is 0 Å². The van der Waals surface area contributed by atoms with Gasteiger partial charge < -0.3 is 24.5 Å². The number of sulfonamides is 1. The summed E-state index contributed by atoms with van der Waals surface area (Å²) >= 11 is 0. The normalized spacial score (nSPS) is 15.5. The number of aromatic amines is 1. The summed E-state index contributed by atoms with van der Waals surface area (Å²) in [7, 11) is -4.49. The van der Waals surface area contributed by atoms with Crippen molar-refractivity contribution < 1.29 is 32.3 Å². The Hall–Kier alpha value is -4.53. The highest BCUT2D eigenvalue weighted by atomic mass is 32.2. The quantitative estimate of drug-likeness (QED) is 0.206. The Morgan fingerprint density at radius 2 is 2.03 bits per heavy atom. The number of para-hydroxylation sites is 1. The Kier molecular flexibility index (Phi) is 7.40. The molecule has 1 fully saturated rings. The summed E-state index contributed by atoms with van der Waals surface area (Å²) in [6.45, 7) is 1.66. The first-order valence-corrected chi connectivity index (χ1v) is 13.3. The predicted octanol–water partition coefficient (Wildman–Crippen LogP) is 2.75. The number of hydrogen-bond donors (Lipinski definition) is 3. The SMILES string of the molecule is O=C(NS(=O)(=O)c1ccc(OCC2COCCN2)c([N+](=O)[O-])c1)c1ccccc1Oc1cnc2[nH]ccc2c1.